The van der Waals surface area contributed by atoms with Crippen LogP contribution in [0.4, 0.5) is 0 Å². The Morgan fingerprint density at radius 2 is 2.06 bits per heavy atom. The number of hydrogen-bond donors (Lipinski definition) is 0. The fraction of sp³-hybridized carbons (Fsp3) is 0.429. The summed E-state index contributed by atoms with van der Waals surface area (Å²) in [5, 5.41) is 0. The van der Waals surface area contributed by atoms with Crippen LogP contribution in [-0.2, 0) is 9.53 Å². The molecule has 0 unspecified atom stereocenters. The number of amides is 1. The van der Waals surface area contributed by atoms with Crippen LogP contribution in [0, 0.1) is 5.92 Å². The van der Waals surface area contributed by atoms with Crippen molar-refractivity contribution in [2.24, 2.45) is 10.9 Å². The average Bonchev–Trinajstić information content (AvgIpc) is 2.72. The van der Waals surface area contributed by atoms with Gasteiger partial charge in [-0.25, -0.2) is 0 Å². The second-order valence-corrected chi connectivity index (χ2v) is 5.13. The summed E-state index contributed by atoms with van der Waals surface area (Å²) in [5.74, 6) is 0.105. The Morgan fingerprint density at radius 1 is 1.22 bits per heavy atom. The molecule has 3 aliphatic rings. The Balaban J connectivity index is 1.73. The molecule has 2 aliphatic heterocycles. The molecule has 2 fully saturated rings. The van der Waals surface area contributed by atoms with Gasteiger partial charge >= 0.3 is 0 Å². The maximum Gasteiger partial charge on any atom is 0.296 e. The van der Waals surface area contributed by atoms with Gasteiger partial charge in [-0.1, -0.05) is 30.3 Å². The van der Waals surface area contributed by atoms with Crippen LogP contribution in [0.3, 0.4) is 0 Å². The van der Waals surface area contributed by atoms with Gasteiger partial charge in [-0.3, -0.25) is 4.79 Å². The molecule has 92 valence electrons. The molecular weight excluding hydrogens is 228 g/mol. The Morgan fingerprint density at radius 3 is 2.78 bits per heavy atom. The monoisotopic (exact) mass is 242 g/mol. The molecule has 4 heteroatoms. The van der Waals surface area contributed by atoms with Crippen molar-refractivity contribution in [1.29, 1.82) is 0 Å². The lowest BCUT2D eigenvalue weighted by molar-refractivity contribution is -0.128. The SMILES string of the molecule is O=C1N=C2OC[C@@H](c3ccccc3)N2[C@@H]2CC[C@H]12. The van der Waals surface area contributed by atoms with Crippen LogP contribution >= 0.6 is 0 Å². The van der Waals surface area contributed by atoms with E-state index < -0.39 is 0 Å². The predicted molar refractivity (Wildman–Crippen MR) is 65.9 cm³/mol. The molecule has 1 saturated heterocycles. The minimum absolute atomic E-state index is 0.00575. The molecule has 1 aliphatic carbocycles. The number of nitrogens with zero attached hydrogens (tertiary/aromatic N) is 2. The van der Waals surface area contributed by atoms with Gasteiger partial charge in [-0.05, 0) is 18.4 Å². The molecule has 0 N–H and O–H groups in total. The van der Waals surface area contributed by atoms with E-state index in [2.05, 4.69) is 22.0 Å². The lowest BCUT2D eigenvalue weighted by Crippen LogP contribution is -2.54. The van der Waals surface area contributed by atoms with E-state index in [1.54, 1.807) is 0 Å². The molecule has 0 bridgehead atoms. The van der Waals surface area contributed by atoms with Crippen molar-refractivity contribution in [3.05, 3.63) is 35.9 Å². The third kappa shape index (κ3) is 1.26. The van der Waals surface area contributed by atoms with Gasteiger partial charge in [-0.2, -0.15) is 4.99 Å². The highest BCUT2D eigenvalue weighted by Gasteiger charge is 2.51. The van der Waals surface area contributed by atoms with E-state index in [1.807, 2.05) is 18.2 Å². The topological polar surface area (TPSA) is 41.9 Å². The summed E-state index contributed by atoms with van der Waals surface area (Å²) in [5.41, 5.74) is 1.24. The molecular formula is C14H14N2O2. The van der Waals surface area contributed by atoms with Crippen molar-refractivity contribution < 1.29 is 9.53 Å². The van der Waals surface area contributed by atoms with E-state index in [0.717, 1.165) is 12.8 Å². The van der Waals surface area contributed by atoms with Gasteiger partial charge in [0, 0.05) is 6.04 Å². The first-order valence-corrected chi connectivity index (χ1v) is 6.43. The maximum atomic E-state index is 11.7. The van der Waals surface area contributed by atoms with E-state index >= 15 is 0 Å². The first-order chi connectivity index (χ1) is 8.84. The van der Waals surface area contributed by atoms with Crippen LogP contribution in [-0.4, -0.2) is 29.5 Å². The normalized spacial score (nSPS) is 33.1. The minimum atomic E-state index is 0.00575. The standard InChI is InChI=1S/C14H14N2O2/c17-13-10-6-7-11(10)16-12(8-18-14(16)15-13)9-4-2-1-3-5-9/h1-5,10-12H,6-8H2/t10-,11+,12-/m0/s1. The summed E-state index contributed by atoms with van der Waals surface area (Å²) in [7, 11) is 0. The highest BCUT2D eigenvalue weighted by atomic mass is 16.5. The second-order valence-electron chi connectivity index (χ2n) is 5.13. The third-order valence-electron chi connectivity index (χ3n) is 4.23. The van der Waals surface area contributed by atoms with E-state index in [0.29, 0.717) is 18.7 Å². The summed E-state index contributed by atoms with van der Waals surface area (Å²) >= 11 is 0. The summed E-state index contributed by atoms with van der Waals surface area (Å²) in [4.78, 5) is 18.0. The van der Waals surface area contributed by atoms with Crippen LogP contribution in [0.25, 0.3) is 0 Å². The van der Waals surface area contributed by atoms with Crippen LogP contribution in [0.2, 0.25) is 0 Å². The van der Waals surface area contributed by atoms with Crippen LogP contribution in [0.1, 0.15) is 24.4 Å². The zero-order valence-electron chi connectivity index (χ0n) is 9.95. The smallest absolute Gasteiger partial charge is 0.296 e. The highest BCUT2D eigenvalue weighted by molar-refractivity contribution is 5.96. The van der Waals surface area contributed by atoms with E-state index in [-0.39, 0.29) is 17.9 Å². The number of ether oxygens (including phenoxy) is 1. The third-order valence-corrected chi connectivity index (χ3v) is 4.23. The lowest BCUT2D eigenvalue weighted by Gasteiger charge is -2.45. The number of carbonyl (C=O) groups excluding carboxylic acids is 1. The largest absolute Gasteiger partial charge is 0.462 e. The zero-order valence-corrected chi connectivity index (χ0v) is 9.95. The minimum Gasteiger partial charge on any atom is -0.462 e. The molecule has 1 aromatic rings. The van der Waals surface area contributed by atoms with Gasteiger partial charge in [0.25, 0.3) is 11.9 Å². The number of amidine groups is 1. The quantitative estimate of drug-likeness (QED) is 0.753. The van der Waals surface area contributed by atoms with Crippen LogP contribution < -0.4 is 0 Å². The summed E-state index contributed by atoms with van der Waals surface area (Å²) in [6.07, 6.45) is 2.04. The highest BCUT2D eigenvalue weighted by Crippen LogP contribution is 2.43. The van der Waals surface area contributed by atoms with Crippen molar-refractivity contribution in [3.8, 4) is 0 Å². The summed E-state index contributed by atoms with van der Waals surface area (Å²) in [6, 6.07) is 11.4. The van der Waals surface area contributed by atoms with Gasteiger partial charge in [-0.15, -0.1) is 0 Å². The van der Waals surface area contributed by atoms with Crippen molar-refractivity contribution >= 4 is 11.9 Å². The van der Waals surface area contributed by atoms with E-state index in [4.69, 9.17) is 4.74 Å². The molecule has 1 saturated carbocycles. The van der Waals surface area contributed by atoms with Gasteiger partial charge < -0.3 is 9.64 Å². The fourth-order valence-electron chi connectivity index (χ4n) is 3.12. The van der Waals surface area contributed by atoms with E-state index in [1.165, 1.54) is 5.56 Å². The number of rotatable bonds is 1. The molecule has 3 atom stereocenters. The Labute approximate surface area is 105 Å². The molecule has 4 nitrogen and oxygen atoms in total. The van der Waals surface area contributed by atoms with Crippen molar-refractivity contribution in [2.45, 2.75) is 24.9 Å². The number of hydrogen-bond acceptors (Lipinski definition) is 3. The Bertz CT molecular complexity index is 526. The predicted octanol–water partition coefficient (Wildman–Crippen LogP) is 1.73. The molecule has 0 aromatic heterocycles. The molecule has 2 heterocycles. The van der Waals surface area contributed by atoms with Gasteiger partial charge in [0.1, 0.15) is 6.61 Å². The second kappa shape index (κ2) is 3.57. The number of carbonyl (C=O) groups is 1. The lowest BCUT2D eigenvalue weighted by atomic mass is 9.76. The van der Waals surface area contributed by atoms with Gasteiger partial charge in [0.05, 0.1) is 12.0 Å². The molecule has 0 radical (unpaired) electrons. The van der Waals surface area contributed by atoms with Crippen LogP contribution in [0.15, 0.2) is 35.3 Å². The van der Waals surface area contributed by atoms with Crippen LogP contribution in [0.5, 0.6) is 0 Å². The molecule has 1 aromatic carbocycles. The first kappa shape index (κ1) is 10.1. The Kier molecular flexibility index (Phi) is 2.01. The average molecular weight is 242 g/mol. The van der Waals surface area contributed by atoms with Crippen molar-refractivity contribution in [1.82, 2.24) is 4.90 Å². The Hall–Kier alpha value is -1.84. The summed E-state index contributed by atoms with van der Waals surface area (Å²) in [6.45, 7) is 0.597. The molecule has 1 amide bonds. The molecule has 0 spiro atoms. The first-order valence-electron chi connectivity index (χ1n) is 6.43. The number of fused-ring (bicyclic) bond motifs is 3. The number of benzene rings is 1. The van der Waals surface area contributed by atoms with Gasteiger partial charge in [0.2, 0.25) is 0 Å². The zero-order chi connectivity index (χ0) is 12.1. The maximum absolute atomic E-state index is 11.7. The van der Waals surface area contributed by atoms with Crippen molar-refractivity contribution in [2.75, 3.05) is 6.61 Å². The molecule has 18 heavy (non-hydrogen) atoms. The summed E-state index contributed by atoms with van der Waals surface area (Å²) < 4.78 is 5.60. The number of aliphatic imine (C=N–C) groups is 1. The molecule has 4 rings (SSSR count). The van der Waals surface area contributed by atoms with E-state index in [9.17, 15) is 4.79 Å². The van der Waals surface area contributed by atoms with Gasteiger partial charge in [0.15, 0.2) is 0 Å². The fourth-order valence-corrected chi connectivity index (χ4v) is 3.12. The van der Waals surface area contributed by atoms with Crippen molar-refractivity contribution in [3.63, 3.8) is 0 Å².